The van der Waals surface area contributed by atoms with Gasteiger partial charge in [0.15, 0.2) is 0 Å². The summed E-state index contributed by atoms with van der Waals surface area (Å²) in [5.41, 5.74) is 1.16. The first-order valence-corrected chi connectivity index (χ1v) is 8.87. The average Bonchev–Trinajstić information content (AvgIpc) is 2.44. The molecule has 1 aromatic carbocycles. The van der Waals surface area contributed by atoms with Gasteiger partial charge in [0, 0.05) is 4.43 Å². The second-order valence-electron chi connectivity index (χ2n) is 6.24. The Morgan fingerprint density at radius 3 is 2.42 bits per heavy atom. The van der Waals surface area contributed by atoms with Crippen LogP contribution in [0.1, 0.15) is 45.6 Å². The van der Waals surface area contributed by atoms with Crippen LogP contribution in [0.25, 0.3) is 0 Å². The molecule has 1 aliphatic rings. The summed E-state index contributed by atoms with van der Waals surface area (Å²) in [4.78, 5) is 0. The van der Waals surface area contributed by atoms with Crippen molar-refractivity contribution in [3.63, 3.8) is 0 Å². The largest absolute Gasteiger partial charge is 0.367 e. The van der Waals surface area contributed by atoms with Gasteiger partial charge in [0.1, 0.15) is 0 Å². The molecule has 0 heterocycles. The van der Waals surface area contributed by atoms with Gasteiger partial charge in [0.25, 0.3) is 0 Å². The maximum absolute atomic E-state index is 6.53. The summed E-state index contributed by atoms with van der Waals surface area (Å²) in [5, 5.41) is 0. The van der Waals surface area contributed by atoms with Crippen LogP contribution in [0.5, 0.6) is 0 Å². The maximum atomic E-state index is 6.53. The van der Waals surface area contributed by atoms with E-state index in [4.69, 9.17) is 4.74 Å². The van der Waals surface area contributed by atoms with Gasteiger partial charge in [-0.3, -0.25) is 0 Å². The molecule has 1 saturated carbocycles. The van der Waals surface area contributed by atoms with Crippen LogP contribution in [0.3, 0.4) is 0 Å². The molecular weight excluding hydrogens is 347 g/mol. The lowest BCUT2D eigenvalue weighted by molar-refractivity contribution is -0.0964. The molecule has 0 spiro atoms. The molecule has 1 aromatic rings. The molecule has 1 aliphatic carbocycles. The van der Waals surface area contributed by atoms with Crippen molar-refractivity contribution in [2.24, 2.45) is 11.8 Å². The number of hydrogen-bond donors (Lipinski definition) is 0. The Hall–Kier alpha value is -0.0900. The molecule has 1 nitrogen and oxygen atoms in total. The Bertz CT molecular complexity index is 392. The van der Waals surface area contributed by atoms with E-state index in [0.29, 0.717) is 6.10 Å². The lowest BCUT2D eigenvalue weighted by Crippen LogP contribution is -2.36. The number of halogens is 1. The fraction of sp³-hybridized carbons (Fsp3) is 0.647. The Kier molecular flexibility index (Phi) is 5.29. The van der Waals surface area contributed by atoms with Gasteiger partial charge >= 0.3 is 0 Å². The molecule has 2 heteroatoms. The van der Waals surface area contributed by atoms with Crippen molar-refractivity contribution in [3.8, 4) is 0 Å². The summed E-state index contributed by atoms with van der Waals surface area (Å²) in [7, 11) is 0. The van der Waals surface area contributed by atoms with Crippen LogP contribution in [0.2, 0.25) is 0 Å². The summed E-state index contributed by atoms with van der Waals surface area (Å²) in [6.45, 7) is 6.97. The average molecular weight is 372 g/mol. The van der Waals surface area contributed by atoms with Gasteiger partial charge in [-0.1, -0.05) is 66.8 Å². The molecule has 0 bridgehead atoms. The highest BCUT2D eigenvalue weighted by Gasteiger charge is 2.33. The summed E-state index contributed by atoms with van der Waals surface area (Å²) in [6.07, 6.45) is 4.15. The maximum Gasteiger partial charge on any atom is 0.0996 e. The van der Waals surface area contributed by atoms with Crippen LogP contribution in [-0.2, 0) is 10.3 Å². The Morgan fingerprint density at radius 1 is 1.16 bits per heavy atom. The van der Waals surface area contributed by atoms with Gasteiger partial charge in [0.2, 0.25) is 0 Å². The fourth-order valence-electron chi connectivity index (χ4n) is 2.94. The lowest BCUT2D eigenvalue weighted by Gasteiger charge is -2.38. The first-order chi connectivity index (χ1) is 9.05. The zero-order valence-corrected chi connectivity index (χ0v) is 14.4. The minimum absolute atomic E-state index is 0.146. The van der Waals surface area contributed by atoms with Crippen LogP contribution in [-0.4, -0.2) is 10.5 Å². The molecule has 0 N–H and O–H groups in total. The lowest BCUT2D eigenvalue weighted by atomic mass is 9.80. The third kappa shape index (κ3) is 3.72. The molecule has 0 amide bonds. The monoisotopic (exact) mass is 372 g/mol. The van der Waals surface area contributed by atoms with Crippen molar-refractivity contribution in [2.45, 2.75) is 51.7 Å². The zero-order chi connectivity index (χ0) is 13.9. The number of alkyl halides is 1. The predicted octanol–water partition coefficient (Wildman–Crippen LogP) is 5.18. The predicted molar refractivity (Wildman–Crippen MR) is 89.7 cm³/mol. The van der Waals surface area contributed by atoms with Crippen molar-refractivity contribution < 1.29 is 4.74 Å². The first-order valence-electron chi connectivity index (χ1n) is 7.34. The number of rotatable bonds is 4. The molecule has 19 heavy (non-hydrogen) atoms. The standard InChI is InChI=1S/C17H25IO/c1-13-9-10-16(11-14(13)2)19-17(3,12-18)15-7-5-4-6-8-15/h4-8,13-14,16H,9-12H2,1-3H3. The van der Waals surface area contributed by atoms with Crippen LogP contribution in [0.15, 0.2) is 30.3 Å². The van der Waals surface area contributed by atoms with Gasteiger partial charge in [-0.15, -0.1) is 0 Å². The Labute approximate surface area is 131 Å². The second kappa shape index (κ2) is 6.57. The Morgan fingerprint density at radius 2 is 1.84 bits per heavy atom. The minimum Gasteiger partial charge on any atom is -0.367 e. The van der Waals surface area contributed by atoms with Crippen LogP contribution in [0.4, 0.5) is 0 Å². The van der Waals surface area contributed by atoms with Crippen LogP contribution >= 0.6 is 22.6 Å². The number of hydrogen-bond acceptors (Lipinski definition) is 1. The molecule has 1 fully saturated rings. The first kappa shape index (κ1) is 15.3. The van der Waals surface area contributed by atoms with Crippen molar-refractivity contribution in [2.75, 3.05) is 4.43 Å². The normalized spacial score (nSPS) is 30.8. The van der Waals surface area contributed by atoms with Gasteiger partial charge in [-0.05, 0) is 43.6 Å². The molecule has 106 valence electrons. The number of ether oxygens (including phenoxy) is 1. The molecule has 0 aromatic heterocycles. The zero-order valence-electron chi connectivity index (χ0n) is 12.2. The van der Waals surface area contributed by atoms with E-state index in [1.807, 2.05) is 0 Å². The van der Waals surface area contributed by atoms with Crippen molar-refractivity contribution in [1.29, 1.82) is 0 Å². The summed E-state index contributed by atoms with van der Waals surface area (Å²) < 4.78 is 7.52. The third-order valence-electron chi connectivity index (χ3n) is 4.62. The molecule has 0 radical (unpaired) electrons. The van der Waals surface area contributed by atoms with Crippen LogP contribution in [0, 0.1) is 11.8 Å². The highest BCUT2D eigenvalue weighted by atomic mass is 127. The van der Waals surface area contributed by atoms with E-state index in [2.05, 4.69) is 73.7 Å². The van der Waals surface area contributed by atoms with E-state index in [-0.39, 0.29) is 5.60 Å². The van der Waals surface area contributed by atoms with E-state index >= 15 is 0 Å². The molecule has 0 aliphatic heterocycles. The minimum atomic E-state index is -0.146. The summed E-state index contributed by atoms with van der Waals surface area (Å²) in [5.74, 6) is 1.63. The van der Waals surface area contributed by atoms with Crippen molar-refractivity contribution >= 4 is 22.6 Å². The van der Waals surface area contributed by atoms with E-state index in [1.165, 1.54) is 24.8 Å². The molecule has 0 saturated heterocycles. The Balaban J connectivity index is 2.07. The molecule has 4 unspecified atom stereocenters. The van der Waals surface area contributed by atoms with Crippen molar-refractivity contribution in [3.05, 3.63) is 35.9 Å². The summed E-state index contributed by atoms with van der Waals surface area (Å²) in [6, 6.07) is 10.7. The highest BCUT2D eigenvalue weighted by molar-refractivity contribution is 14.1. The van der Waals surface area contributed by atoms with Gasteiger partial charge in [0.05, 0.1) is 11.7 Å². The quantitative estimate of drug-likeness (QED) is 0.523. The van der Waals surface area contributed by atoms with Gasteiger partial charge in [-0.2, -0.15) is 0 Å². The molecule has 2 rings (SSSR count). The smallest absolute Gasteiger partial charge is 0.0996 e. The molecular formula is C17H25IO. The topological polar surface area (TPSA) is 9.23 Å². The highest BCUT2D eigenvalue weighted by Crippen LogP contribution is 2.36. The SMILES string of the molecule is CC1CCC(OC(C)(CI)c2ccccc2)CC1C. The van der Waals surface area contributed by atoms with Crippen LogP contribution < -0.4 is 0 Å². The fourth-order valence-corrected chi connectivity index (χ4v) is 3.56. The van der Waals surface area contributed by atoms with E-state index < -0.39 is 0 Å². The summed E-state index contributed by atoms with van der Waals surface area (Å²) >= 11 is 2.45. The van der Waals surface area contributed by atoms with Gasteiger partial charge < -0.3 is 4.74 Å². The van der Waals surface area contributed by atoms with E-state index in [9.17, 15) is 0 Å². The van der Waals surface area contributed by atoms with Crippen molar-refractivity contribution in [1.82, 2.24) is 0 Å². The number of benzene rings is 1. The van der Waals surface area contributed by atoms with Gasteiger partial charge in [-0.25, -0.2) is 0 Å². The second-order valence-corrected chi connectivity index (χ2v) is 7.00. The molecule has 4 atom stereocenters. The van der Waals surface area contributed by atoms with E-state index in [1.54, 1.807) is 0 Å². The third-order valence-corrected chi connectivity index (χ3v) is 6.07. The van der Waals surface area contributed by atoms with E-state index in [0.717, 1.165) is 16.3 Å².